The molecule has 1 aliphatic rings. The summed E-state index contributed by atoms with van der Waals surface area (Å²) in [6.45, 7) is 11.7. The minimum Gasteiger partial charge on any atom is -0.494 e. The van der Waals surface area contributed by atoms with Gasteiger partial charge in [-0.25, -0.2) is 9.97 Å². The number of hydrogen-bond acceptors (Lipinski definition) is 6. The van der Waals surface area contributed by atoms with Gasteiger partial charge in [0.2, 0.25) is 0 Å². The second-order valence-electron chi connectivity index (χ2n) is 8.09. The number of hydrogen-bond donors (Lipinski definition) is 0. The Bertz CT molecular complexity index is 1040. The molecular weight excluding hydrogens is 412 g/mol. The van der Waals surface area contributed by atoms with E-state index in [2.05, 4.69) is 27.4 Å². The van der Waals surface area contributed by atoms with Crippen molar-refractivity contribution in [1.82, 2.24) is 9.97 Å². The number of ether oxygens (including phenoxy) is 2. The molecule has 1 aromatic carbocycles. The van der Waals surface area contributed by atoms with Crippen molar-refractivity contribution < 1.29 is 9.47 Å². The van der Waals surface area contributed by atoms with Crippen molar-refractivity contribution >= 4 is 33.3 Å². The third-order valence-electron chi connectivity index (χ3n) is 5.11. The van der Waals surface area contributed by atoms with Gasteiger partial charge in [-0.05, 0) is 50.1 Å². The molecule has 0 aliphatic carbocycles. The van der Waals surface area contributed by atoms with Crippen LogP contribution in [0.25, 0.3) is 21.6 Å². The van der Waals surface area contributed by atoms with Crippen molar-refractivity contribution in [2.75, 3.05) is 12.4 Å². The maximum absolute atomic E-state index is 6.04. The van der Waals surface area contributed by atoms with Gasteiger partial charge in [0.15, 0.2) is 5.82 Å². The molecule has 0 fully saturated rings. The van der Waals surface area contributed by atoms with Gasteiger partial charge in [-0.2, -0.15) is 0 Å². The van der Waals surface area contributed by atoms with Crippen LogP contribution in [0.3, 0.4) is 0 Å². The van der Waals surface area contributed by atoms with Gasteiger partial charge in [-0.1, -0.05) is 19.4 Å². The van der Waals surface area contributed by atoms with E-state index in [0.717, 1.165) is 58.6 Å². The Morgan fingerprint density at radius 2 is 2.07 bits per heavy atom. The molecule has 4 nitrogen and oxygen atoms in total. The third kappa shape index (κ3) is 4.56. The monoisotopic (exact) mass is 440 g/mol. The van der Waals surface area contributed by atoms with Crippen LogP contribution in [-0.2, 0) is 17.8 Å². The molecule has 1 aliphatic heterocycles. The number of rotatable bonds is 8. The third-order valence-corrected chi connectivity index (χ3v) is 7.19. The summed E-state index contributed by atoms with van der Waals surface area (Å²) >= 11 is 3.46. The van der Waals surface area contributed by atoms with E-state index in [9.17, 15) is 0 Å². The van der Waals surface area contributed by atoms with Crippen LogP contribution in [0.2, 0.25) is 0 Å². The number of thiophene rings is 1. The fourth-order valence-corrected chi connectivity index (χ4v) is 5.48. The van der Waals surface area contributed by atoms with Crippen LogP contribution < -0.4 is 4.74 Å². The molecule has 3 heterocycles. The summed E-state index contributed by atoms with van der Waals surface area (Å²) < 4.78 is 11.8. The van der Waals surface area contributed by atoms with Crippen molar-refractivity contribution in [2.24, 2.45) is 0 Å². The van der Waals surface area contributed by atoms with E-state index in [-0.39, 0.29) is 5.60 Å². The molecule has 0 spiro atoms. The molecule has 0 bridgehead atoms. The molecule has 3 aromatic rings. The first-order chi connectivity index (χ1) is 14.5. The quantitative estimate of drug-likeness (QED) is 0.169. The van der Waals surface area contributed by atoms with Crippen LogP contribution in [0.5, 0.6) is 5.75 Å². The topological polar surface area (TPSA) is 44.2 Å². The van der Waals surface area contributed by atoms with E-state index in [4.69, 9.17) is 19.4 Å². The summed E-state index contributed by atoms with van der Waals surface area (Å²) in [6, 6.07) is 8.10. The first-order valence-corrected chi connectivity index (χ1v) is 12.2. The zero-order chi connectivity index (χ0) is 21.1. The van der Waals surface area contributed by atoms with Gasteiger partial charge in [0, 0.05) is 28.0 Å². The maximum Gasteiger partial charge on any atom is 0.162 e. The summed E-state index contributed by atoms with van der Waals surface area (Å²) in [7, 11) is 0. The largest absolute Gasteiger partial charge is 0.494 e. The number of benzene rings is 1. The van der Waals surface area contributed by atoms with Gasteiger partial charge in [0.1, 0.15) is 15.6 Å². The molecule has 0 radical (unpaired) electrons. The minimum atomic E-state index is -0.159. The van der Waals surface area contributed by atoms with Gasteiger partial charge in [-0.15, -0.1) is 29.7 Å². The minimum absolute atomic E-state index is 0.159. The van der Waals surface area contributed by atoms with E-state index in [1.54, 1.807) is 23.1 Å². The smallest absolute Gasteiger partial charge is 0.162 e. The van der Waals surface area contributed by atoms with Crippen molar-refractivity contribution in [3.63, 3.8) is 0 Å². The fraction of sp³-hybridized carbons (Fsp3) is 0.417. The number of aromatic nitrogens is 2. The number of thioether (sulfide) groups is 1. The molecule has 0 atom stereocenters. The molecule has 0 saturated heterocycles. The Labute approximate surface area is 186 Å². The Balaban J connectivity index is 1.72. The highest BCUT2D eigenvalue weighted by atomic mass is 32.2. The molecule has 4 rings (SSSR count). The van der Waals surface area contributed by atoms with Crippen LogP contribution in [-0.4, -0.2) is 27.9 Å². The first-order valence-electron chi connectivity index (χ1n) is 10.4. The summed E-state index contributed by atoms with van der Waals surface area (Å²) in [5.41, 5.74) is 2.19. The lowest BCUT2D eigenvalue weighted by Crippen LogP contribution is -2.31. The zero-order valence-corrected chi connectivity index (χ0v) is 19.5. The molecule has 0 unspecified atom stereocenters. The average Bonchev–Trinajstić information content (AvgIpc) is 3.09. The van der Waals surface area contributed by atoms with E-state index < -0.39 is 0 Å². The lowest BCUT2D eigenvalue weighted by molar-refractivity contribution is -0.0379. The zero-order valence-electron chi connectivity index (χ0n) is 17.9. The van der Waals surface area contributed by atoms with Gasteiger partial charge >= 0.3 is 0 Å². The Kier molecular flexibility index (Phi) is 6.46. The standard InChI is InChI=1S/C24H28N2O2S2/c1-5-7-12-27-17-10-8-16(9-11-17)21-25-22(29-13-6-2)20-18-14-24(3,4)28-15-19(18)30-23(20)26-21/h6,8-11H,2,5,7,12-15H2,1,3-4H3. The van der Waals surface area contributed by atoms with Crippen molar-refractivity contribution in [3.05, 3.63) is 47.4 Å². The van der Waals surface area contributed by atoms with E-state index >= 15 is 0 Å². The normalized spacial score (nSPS) is 15.2. The average molecular weight is 441 g/mol. The molecule has 30 heavy (non-hydrogen) atoms. The van der Waals surface area contributed by atoms with Gasteiger partial charge in [0.25, 0.3) is 0 Å². The highest BCUT2D eigenvalue weighted by Gasteiger charge is 2.31. The van der Waals surface area contributed by atoms with Crippen molar-refractivity contribution in [3.8, 4) is 17.1 Å². The molecule has 6 heteroatoms. The van der Waals surface area contributed by atoms with E-state index in [1.165, 1.54) is 15.8 Å². The Morgan fingerprint density at radius 1 is 1.27 bits per heavy atom. The van der Waals surface area contributed by atoms with Gasteiger partial charge < -0.3 is 9.47 Å². The van der Waals surface area contributed by atoms with Crippen LogP contribution >= 0.6 is 23.1 Å². The highest BCUT2D eigenvalue weighted by molar-refractivity contribution is 7.99. The van der Waals surface area contributed by atoms with Crippen LogP contribution in [0.15, 0.2) is 41.9 Å². The molecular formula is C24H28N2O2S2. The summed E-state index contributed by atoms with van der Waals surface area (Å²) in [6.07, 6.45) is 5.00. The van der Waals surface area contributed by atoms with Crippen LogP contribution in [0.4, 0.5) is 0 Å². The Morgan fingerprint density at radius 3 is 2.80 bits per heavy atom. The highest BCUT2D eigenvalue weighted by Crippen LogP contribution is 2.42. The maximum atomic E-state index is 6.04. The predicted molar refractivity (Wildman–Crippen MR) is 127 cm³/mol. The lowest BCUT2D eigenvalue weighted by Gasteiger charge is -2.30. The molecule has 0 amide bonds. The van der Waals surface area contributed by atoms with E-state index in [0.29, 0.717) is 6.61 Å². The molecule has 0 saturated carbocycles. The number of nitrogens with zero attached hydrogens (tertiary/aromatic N) is 2. The lowest BCUT2D eigenvalue weighted by atomic mass is 9.94. The molecule has 0 N–H and O–H groups in total. The molecule has 2 aromatic heterocycles. The number of unbranched alkanes of at least 4 members (excludes halogenated alkanes) is 1. The summed E-state index contributed by atoms with van der Waals surface area (Å²) in [5, 5.41) is 2.23. The fourth-order valence-electron chi connectivity index (χ4n) is 3.52. The summed E-state index contributed by atoms with van der Waals surface area (Å²) in [4.78, 5) is 12.2. The van der Waals surface area contributed by atoms with Gasteiger partial charge in [-0.3, -0.25) is 0 Å². The second kappa shape index (κ2) is 9.08. The Hall–Kier alpha value is -1.89. The summed E-state index contributed by atoms with van der Waals surface area (Å²) in [5.74, 6) is 2.47. The van der Waals surface area contributed by atoms with E-state index in [1.807, 2.05) is 30.3 Å². The van der Waals surface area contributed by atoms with Crippen LogP contribution in [0, 0.1) is 0 Å². The first kappa shape index (κ1) is 21.3. The van der Waals surface area contributed by atoms with Crippen molar-refractivity contribution in [1.29, 1.82) is 0 Å². The second-order valence-corrected chi connectivity index (χ2v) is 10.2. The van der Waals surface area contributed by atoms with Gasteiger partial charge in [0.05, 0.1) is 18.8 Å². The number of fused-ring (bicyclic) bond motifs is 3. The molecule has 158 valence electrons. The SMILES string of the molecule is C=CCSc1nc(-c2ccc(OCCCC)cc2)nc2sc3c(c12)CC(C)(C)OC3. The van der Waals surface area contributed by atoms with Crippen LogP contribution in [0.1, 0.15) is 44.1 Å². The van der Waals surface area contributed by atoms with Crippen molar-refractivity contribution in [2.45, 2.75) is 57.3 Å². The predicted octanol–water partition coefficient (Wildman–Crippen LogP) is 6.67.